The molecule has 1 aliphatic heterocycles. The second-order valence-corrected chi connectivity index (χ2v) is 20.7. The molecule has 0 spiro atoms. The van der Waals surface area contributed by atoms with Gasteiger partial charge in [0.1, 0.15) is 17.0 Å². The molecule has 3 heterocycles. The highest BCUT2D eigenvalue weighted by Crippen LogP contribution is 2.66. The molecule has 5 atom stereocenters. The number of carboxylic acid groups (broad SMARTS) is 1. The molecule has 2 aromatic carbocycles. The fraction of sp³-hybridized carbons (Fsp3) is 0.447. The van der Waals surface area contributed by atoms with Gasteiger partial charge < -0.3 is 55.3 Å². The highest BCUT2D eigenvalue weighted by Gasteiger charge is 2.46. The highest BCUT2D eigenvalue weighted by molar-refractivity contribution is 7.66. The van der Waals surface area contributed by atoms with Crippen molar-refractivity contribution in [2.24, 2.45) is 11.3 Å². The van der Waals surface area contributed by atoms with Crippen LogP contribution in [0.4, 0.5) is 17.2 Å². The number of aromatic amines is 1. The molecular formula is C38H48N5O17P3. The van der Waals surface area contributed by atoms with Crippen molar-refractivity contribution in [1.29, 1.82) is 0 Å². The van der Waals surface area contributed by atoms with Gasteiger partial charge in [0.05, 0.1) is 23.8 Å². The molecule has 1 fully saturated rings. The zero-order valence-electron chi connectivity index (χ0n) is 34.1. The van der Waals surface area contributed by atoms with E-state index in [1.54, 1.807) is 30.3 Å². The van der Waals surface area contributed by atoms with Gasteiger partial charge >= 0.3 is 29.4 Å². The number of carbonyl (C=O) groups is 3. The quantitative estimate of drug-likeness (QED) is 0.0352. The molecule has 22 nitrogen and oxygen atoms in total. The lowest BCUT2D eigenvalue weighted by Gasteiger charge is -2.34. The molecule has 2 amide bonds. The topological polar surface area (TPSA) is 348 Å². The first-order chi connectivity index (χ1) is 29.4. The fourth-order valence-corrected chi connectivity index (χ4v) is 11.2. The molecule has 342 valence electrons. The van der Waals surface area contributed by atoms with Crippen LogP contribution in [0, 0.1) is 11.3 Å². The number of H-pyrrole nitrogens is 1. The molecule has 2 aliphatic rings. The average Bonchev–Trinajstić information content (AvgIpc) is 3.80. The minimum Gasteiger partial charge on any atom is -0.481 e. The second-order valence-electron chi connectivity index (χ2n) is 16.3. The van der Waals surface area contributed by atoms with Crippen LogP contribution in [0.15, 0.2) is 56.5 Å². The number of carbonyl (C=O) groups excluding carboxylic acids is 2. The van der Waals surface area contributed by atoms with Gasteiger partial charge in [0, 0.05) is 66.5 Å². The molecule has 25 heteroatoms. The Morgan fingerprint density at radius 3 is 2.37 bits per heavy atom. The Kier molecular flexibility index (Phi) is 14.2. The smallest absolute Gasteiger partial charge is 0.481 e. The molecule has 6 rings (SSSR count). The van der Waals surface area contributed by atoms with Crippen LogP contribution in [-0.2, 0) is 47.6 Å². The number of amides is 2. The molecule has 5 unspecified atom stereocenters. The number of nitrogens with two attached hydrogens (primary N) is 1. The number of para-hydroxylation sites is 1. The summed E-state index contributed by atoms with van der Waals surface area (Å²) in [5, 5.41) is 15.4. The van der Waals surface area contributed by atoms with E-state index in [-0.39, 0.29) is 94.2 Å². The maximum Gasteiger partial charge on any atom is 0.490 e. The standard InChI is InChI=1S/C38H48N5O17P3/c1-38(2,20-40-31(44)8-3-4-9-32(45)41-23-11-13-29-26(16-23)35(48)25-7-5-6-22(15-33(46)47)36(25)58-29)27-18-43(28-17-30(39)42-37(49)34(27)28)24-12-10-21(14-24)19-57-62(53,54)60-63(55,56)59-61(50,51)52/h5-7,11,13,16-17,21,24,27H,3-4,8-10,12,14-15,18-20H2,1-2H3,(H,40,44)(H,41,45)(H,46,47)(H,53,54)(H,55,56)(H3,39,42,49)(H2,50,51,52). The number of aliphatic carboxylic acids is 1. The Hall–Kier alpha value is -4.72. The number of fused-ring (bicyclic) bond motifs is 3. The van der Waals surface area contributed by atoms with Crippen LogP contribution in [0.1, 0.15) is 75.8 Å². The lowest BCUT2D eigenvalue weighted by atomic mass is 9.76. The van der Waals surface area contributed by atoms with Gasteiger partial charge in [-0.1, -0.05) is 26.0 Å². The van der Waals surface area contributed by atoms with E-state index in [9.17, 15) is 52.6 Å². The van der Waals surface area contributed by atoms with Crippen molar-refractivity contribution in [2.45, 2.75) is 77.2 Å². The Balaban J connectivity index is 0.988. The Bertz CT molecular complexity index is 2700. The van der Waals surface area contributed by atoms with E-state index in [0.717, 1.165) is 0 Å². The Morgan fingerprint density at radius 1 is 0.952 bits per heavy atom. The van der Waals surface area contributed by atoms with Crippen LogP contribution in [0.3, 0.4) is 0 Å². The number of nitrogens with one attached hydrogen (secondary N) is 3. The number of phosphoric ester groups is 1. The van der Waals surface area contributed by atoms with Crippen molar-refractivity contribution in [3.8, 4) is 0 Å². The van der Waals surface area contributed by atoms with Gasteiger partial charge in [-0.2, -0.15) is 8.62 Å². The minimum absolute atomic E-state index is 0.0998. The molecule has 1 saturated carbocycles. The summed E-state index contributed by atoms with van der Waals surface area (Å²) < 4.78 is 53.3. The maximum atomic E-state index is 13.4. The first-order valence-corrected chi connectivity index (χ1v) is 24.3. The predicted molar refractivity (Wildman–Crippen MR) is 228 cm³/mol. The number of carboxylic acids is 1. The Labute approximate surface area is 358 Å². The SMILES string of the molecule is CC(C)(CNC(=O)CCCCC(=O)Nc1ccc2oc3c(CC(=O)O)cccc3c(=O)c2c1)C1CN(C2CCC(COP(=O)(O)OP(=O)(O)OP(=O)(O)O)C2)c2cc(N)[nH]c(=O)c21. The molecular weight excluding hydrogens is 891 g/mol. The number of unbranched alkanes of at least 4 members (excludes halogenated alkanes) is 1. The number of hydrogen-bond donors (Lipinski definition) is 9. The maximum absolute atomic E-state index is 13.4. The normalized spacial score (nSPS) is 19.7. The van der Waals surface area contributed by atoms with Crippen molar-refractivity contribution in [3.63, 3.8) is 0 Å². The molecule has 2 aromatic heterocycles. The molecule has 10 N–H and O–H groups in total. The van der Waals surface area contributed by atoms with Crippen molar-refractivity contribution in [1.82, 2.24) is 10.3 Å². The molecule has 0 bridgehead atoms. The number of pyridine rings is 1. The molecule has 0 radical (unpaired) electrons. The zero-order valence-corrected chi connectivity index (χ0v) is 36.7. The van der Waals surface area contributed by atoms with Gasteiger partial charge in [-0.25, -0.2) is 13.7 Å². The van der Waals surface area contributed by atoms with Crippen LogP contribution in [0.2, 0.25) is 0 Å². The summed E-state index contributed by atoms with van der Waals surface area (Å²) in [4.78, 5) is 105. The van der Waals surface area contributed by atoms with Gasteiger partial charge in [-0.15, -0.1) is 0 Å². The van der Waals surface area contributed by atoms with Crippen LogP contribution in [0.5, 0.6) is 0 Å². The summed E-state index contributed by atoms with van der Waals surface area (Å²) in [5.74, 6) is -2.23. The van der Waals surface area contributed by atoms with E-state index in [0.29, 0.717) is 61.2 Å². The summed E-state index contributed by atoms with van der Waals surface area (Å²) in [6.07, 6.45) is 2.15. The number of rotatable bonds is 19. The molecule has 0 saturated heterocycles. The van der Waals surface area contributed by atoms with Crippen molar-refractivity contribution < 1.29 is 70.3 Å². The van der Waals surface area contributed by atoms with E-state index in [1.165, 1.54) is 12.1 Å². The Morgan fingerprint density at radius 2 is 1.67 bits per heavy atom. The van der Waals surface area contributed by atoms with Gasteiger partial charge in [-0.3, -0.25) is 28.5 Å². The van der Waals surface area contributed by atoms with Crippen LogP contribution in [-0.4, -0.2) is 73.2 Å². The van der Waals surface area contributed by atoms with Gasteiger partial charge in [0.15, 0.2) is 0 Å². The number of nitrogen functional groups attached to an aromatic ring is 1. The third-order valence-corrected chi connectivity index (χ3v) is 14.9. The summed E-state index contributed by atoms with van der Waals surface area (Å²) in [6, 6.07) is 10.8. The summed E-state index contributed by atoms with van der Waals surface area (Å²) in [6.45, 7) is 4.00. The van der Waals surface area contributed by atoms with Crippen molar-refractivity contribution >= 4 is 80.4 Å². The van der Waals surface area contributed by atoms with E-state index in [2.05, 4.69) is 24.2 Å². The summed E-state index contributed by atoms with van der Waals surface area (Å²) in [5.41, 5.74) is 6.89. The second kappa shape index (κ2) is 18.8. The van der Waals surface area contributed by atoms with Crippen molar-refractivity contribution in [3.05, 3.63) is 74.2 Å². The van der Waals surface area contributed by atoms with E-state index in [1.807, 2.05) is 18.7 Å². The highest BCUT2D eigenvalue weighted by atomic mass is 31.3. The first-order valence-electron chi connectivity index (χ1n) is 19.7. The monoisotopic (exact) mass is 939 g/mol. The third-order valence-electron chi connectivity index (χ3n) is 11.1. The number of aromatic nitrogens is 1. The van der Waals surface area contributed by atoms with Crippen molar-refractivity contribution in [2.75, 3.05) is 35.6 Å². The predicted octanol–water partition coefficient (Wildman–Crippen LogP) is 4.60. The van der Waals surface area contributed by atoms with Crippen LogP contribution < -0.4 is 32.3 Å². The van der Waals surface area contributed by atoms with Gasteiger partial charge in [-0.05, 0) is 67.7 Å². The van der Waals surface area contributed by atoms with E-state index < -0.39 is 41.5 Å². The zero-order chi connectivity index (χ0) is 46.1. The number of nitrogens with zero attached hydrogens (tertiary/aromatic N) is 1. The molecule has 63 heavy (non-hydrogen) atoms. The fourth-order valence-electron chi connectivity index (χ4n) is 8.15. The lowest BCUT2D eigenvalue weighted by Crippen LogP contribution is -2.41. The largest absolute Gasteiger partial charge is 0.490 e. The average molecular weight is 940 g/mol. The number of benzene rings is 2. The number of phosphoric acid groups is 3. The lowest BCUT2D eigenvalue weighted by molar-refractivity contribution is -0.136. The minimum atomic E-state index is -5.66. The summed E-state index contributed by atoms with van der Waals surface area (Å²) in [7, 11) is -16.5. The molecule has 4 aromatic rings. The summed E-state index contributed by atoms with van der Waals surface area (Å²) >= 11 is 0. The van der Waals surface area contributed by atoms with Gasteiger partial charge in [0.25, 0.3) is 5.56 Å². The van der Waals surface area contributed by atoms with Gasteiger partial charge in [0.2, 0.25) is 17.2 Å². The van der Waals surface area contributed by atoms with Crippen LogP contribution >= 0.6 is 23.5 Å². The van der Waals surface area contributed by atoms with Crippen LogP contribution in [0.25, 0.3) is 21.9 Å². The first kappa shape index (κ1) is 47.8. The molecule has 1 aliphatic carbocycles. The number of hydrogen-bond acceptors (Lipinski definition) is 14. The third kappa shape index (κ3) is 12.1. The number of anilines is 3. The van der Waals surface area contributed by atoms with E-state index >= 15 is 0 Å². The van der Waals surface area contributed by atoms with E-state index in [4.69, 9.17) is 24.5 Å².